The van der Waals surface area contributed by atoms with E-state index in [4.69, 9.17) is 4.52 Å². The highest BCUT2D eigenvalue weighted by Gasteiger charge is 2.25. The Balaban J connectivity index is 1.72. The fourth-order valence-electron chi connectivity index (χ4n) is 2.63. The number of hydrogen-bond acceptors (Lipinski definition) is 5. The van der Waals surface area contributed by atoms with Gasteiger partial charge in [0.1, 0.15) is 0 Å². The van der Waals surface area contributed by atoms with Gasteiger partial charge in [-0.2, -0.15) is 4.31 Å². The predicted octanol–water partition coefficient (Wildman–Crippen LogP) is 2.41. The second-order valence-electron chi connectivity index (χ2n) is 5.78. The topological polar surface area (TPSA) is 92.5 Å². The van der Waals surface area contributed by atoms with Crippen LogP contribution in [0.2, 0.25) is 0 Å². The SMILES string of the molecule is Cc1cc(C(=O)Nc2ccc(S(=O)(=O)N3CCCCC3)cc2)on1. The number of amides is 1. The maximum atomic E-state index is 12.6. The Morgan fingerprint density at radius 3 is 2.42 bits per heavy atom. The van der Waals surface area contributed by atoms with Gasteiger partial charge in [-0.15, -0.1) is 0 Å². The van der Waals surface area contributed by atoms with E-state index < -0.39 is 15.9 Å². The molecule has 1 saturated heterocycles. The molecule has 0 radical (unpaired) electrons. The predicted molar refractivity (Wildman–Crippen MR) is 88.2 cm³/mol. The van der Waals surface area contributed by atoms with Gasteiger partial charge in [0.2, 0.25) is 15.8 Å². The number of nitrogens with zero attached hydrogens (tertiary/aromatic N) is 2. The van der Waals surface area contributed by atoms with E-state index in [1.54, 1.807) is 19.1 Å². The molecule has 1 aromatic heterocycles. The van der Waals surface area contributed by atoms with Crippen LogP contribution in [-0.2, 0) is 10.0 Å². The van der Waals surface area contributed by atoms with E-state index in [0.717, 1.165) is 19.3 Å². The van der Waals surface area contributed by atoms with Gasteiger partial charge in [0, 0.05) is 24.8 Å². The molecule has 0 bridgehead atoms. The van der Waals surface area contributed by atoms with Gasteiger partial charge >= 0.3 is 0 Å². The summed E-state index contributed by atoms with van der Waals surface area (Å²) in [6.45, 7) is 2.85. The number of carbonyl (C=O) groups excluding carboxylic acids is 1. The molecule has 0 atom stereocenters. The highest BCUT2D eigenvalue weighted by atomic mass is 32.2. The third-order valence-electron chi connectivity index (χ3n) is 3.92. The molecule has 1 fully saturated rings. The van der Waals surface area contributed by atoms with Crippen LogP contribution in [0.1, 0.15) is 35.5 Å². The standard InChI is InChI=1S/C16H19N3O4S/c1-12-11-15(23-18-12)16(20)17-13-5-7-14(8-6-13)24(21,22)19-9-3-2-4-10-19/h5-8,11H,2-4,9-10H2,1H3,(H,17,20). The fraction of sp³-hybridized carbons (Fsp3) is 0.375. The van der Waals surface area contributed by atoms with Gasteiger partial charge in [-0.3, -0.25) is 4.79 Å². The summed E-state index contributed by atoms with van der Waals surface area (Å²) >= 11 is 0. The minimum Gasteiger partial charge on any atom is -0.351 e. The number of sulfonamides is 1. The highest BCUT2D eigenvalue weighted by molar-refractivity contribution is 7.89. The first-order valence-electron chi connectivity index (χ1n) is 7.82. The highest BCUT2D eigenvalue weighted by Crippen LogP contribution is 2.22. The van der Waals surface area contributed by atoms with E-state index in [2.05, 4.69) is 10.5 Å². The number of benzene rings is 1. The van der Waals surface area contributed by atoms with Crippen molar-refractivity contribution < 1.29 is 17.7 Å². The molecule has 0 spiro atoms. The lowest BCUT2D eigenvalue weighted by Crippen LogP contribution is -2.35. The molecule has 0 aliphatic carbocycles. The summed E-state index contributed by atoms with van der Waals surface area (Å²) in [5.41, 5.74) is 1.11. The van der Waals surface area contributed by atoms with Crippen molar-refractivity contribution in [2.75, 3.05) is 18.4 Å². The molecule has 1 N–H and O–H groups in total. The Morgan fingerprint density at radius 2 is 1.83 bits per heavy atom. The van der Waals surface area contributed by atoms with Gasteiger partial charge in [0.15, 0.2) is 0 Å². The molecule has 7 nitrogen and oxygen atoms in total. The second kappa shape index (κ2) is 6.74. The van der Waals surface area contributed by atoms with Crippen LogP contribution in [0.15, 0.2) is 39.8 Å². The van der Waals surface area contributed by atoms with Crippen molar-refractivity contribution in [3.63, 3.8) is 0 Å². The number of aryl methyl sites for hydroxylation is 1. The molecule has 3 rings (SSSR count). The molecule has 0 saturated carbocycles. The monoisotopic (exact) mass is 349 g/mol. The largest absolute Gasteiger partial charge is 0.351 e. The maximum Gasteiger partial charge on any atom is 0.294 e. The van der Waals surface area contributed by atoms with E-state index in [9.17, 15) is 13.2 Å². The van der Waals surface area contributed by atoms with Crippen molar-refractivity contribution in [3.05, 3.63) is 41.8 Å². The normalized spacial score (nSPS) is 16.0. The maximum absolute atomic E-state index is 12.6. The molecule has 2 heterocycles. The van der Waals surface area contributed by atoms with Crippen LogP contribution in [-0.4, -0.2) is 36.9 Å². The zero-order valence-electron chi connectivity index (χ0n) is 13.4. The van der Waals surface area contributed by atoms with E-state index in [1.807, 2.05) is 0 Å². The number of hydrogen-bond donors (Lipinski definition) is 1. The van der Waals surface area contributed by atoms with Crippen molar-refractivity contribution in [1.82, 2.24) is 9.46 Å². The third-order valence-corrected chi connectivity index (χ3v) is 5.83. The summed E-state index contributed by atoms with van der Waals surface area (Å²) in [6, 6.07) is 7.68. The number of carbonyl (C=O) groups is 1. The Morgan fingerprint density at radius 1 is 1.17 bits per heavy atom. The molecule has 128 valence electrons. The van der Waals surface area contributed by atoms with Crippen molar-refractivity contribution in [1.29, 1.82) is 0 Å². The van der Waals surface area contributed by atoms with Crippen LogP contribution >= 0.6 is 0 Å². The summed E-state index contributed by atoms with van der Waals surface area (Å²) in [7, 11) is -3.46. The molecule has 24 heavy (non-hydrogen) atoms. The zero-order chi connectivity index (χ0) is 17.2. The molecular formula is C16H19N3O4S. The zero-order valence-corrected chi connectivity index (χ0v) is 14.2. The van der Waals surface area contributed by atoms with Crippen LogP contribution in [0.3, 0.4) is 0 Å². The van der Waals surface area contributed by atoms with E-state index in [0.29, 0.717) is 24.5 Å². The Bertz CT molecular complexity index is 821. The van der Waals surface area contributed by atoms with Gasteiger partial charge in [0.05, 0.1) is 10.6 Å². The number of piperidine rings is 1. The van der Waals surface area contributed by atoms with Crippen LogP contribution in [0.4, 0.5) is 5.69 Å². The van der Waals surface area contributed by atoms with E-state index in [1.165, 1.54) is 22.5 Å². The first-order chi connectivity index (χ1) is 11.5. The summed E-state index contributed by atoms with van der Waals surface area (Å²) in [5.74, 6) is -0.320. The lowest BCUT2D eigenvalue weighted by molar-refractivity contribution is 0.0988. The number of aromatic nitrogens is 1. The molecule has 1 aliphatic rings. The van der Waals surface area contributed by atoms with Gasteiger partial charge < -0.3 is 9.84 Å². The molecule has 0 unspecified atom stereocenters. The first-order valence-corrected chi connectivity index (χ1v) is 9.26. The summed E-state index contributed by atoms with van der Waals surface area (Å²) < 4.78 is 31.5. The van der Waals surface area contributed by atoms with Crippen molar-refractivity contribution in [2.45, 2.75) is 31.1 Å². The van der Waals surface area contributed by atoms with Crippen LogP contribution in [0.5, 0.6) is 0 Å². The van der Waals surface area contributed by atoms with Gasteiger partial charge in [0.25, 0.3) is 5.91 Å². The number of anilines is 1. The Kier molecular flexibility index (Phi) is 4.68. The van der Waals surface area contributed by atoms with Crippen LogP contribution < -0.4 is 5.32 Å². The molecule has 1 aliphatic heterocycles. The Hall–Kier alpha value is -2.19. The lowest BCUT2D eigenvalue weighted by Gasteiger charge is -2.25. The average molecular weight is 349 g/mol. The first kappa shape index (κ1) is 16.7. The van der Waals surface area contributed by atoms with Gasteiger partial charge in [-0.25, -0.2) is 8.42 Å². The molecule has 1 aromatic carbocycles. The summed E-state index contributed by atoms with van der Waals surface area (Å²) in [6.07, 6.45) is 2.85. The minimum atomic E-state index is -3.46. The smallest absolute Gasteiger partial charge is 0.294 e. The molecule has 1 amide bonds. The van der Waals surface area contributed by atoms with Gasteiger partial charge in [-0.05, 0) is 44.0 Å². The Labute approximate surface area is 140 Å². The second-order valence-corrected chi connectivity index (χ2v) is 7.71. The van der Waals surface area contributed by atoms with Crippen molar-refractivity contribution in [2.24, 2.45) is 0 Å². The van der Waals surface area contributed by atoms with Crippen molar-refractivity contribution in [3.8, 4) is 0 Å². The summed E-state index contributed by atoms with van der Waals surface area (Å²) in [4.78, 5) is 12.2. The average Bonchev–Trinajstić information content (AvgIpc) is 3.03. The quantitative estimate of drug-likeness (QED) is 0.915. The molecular weight excluding hydrogens is 330 g/mol. The minimum absolute atomic E-state index is 0.109. The van der Waals surface area contributed by atoms with Crippen molar-refractivity contribution >= 4 is 21.6 Å². The van der Waals surface area contributed by atoms with Gasteiger partial charge in [-0.1, -0.05) is 11.6 Å². The third kappa shape index (κ3) is 3.49. The lowest BCUT2D eigenvalue weighted by atomic mass is 10.2. The number of nitrogens with one attached hydrogen (secondary N) is 1. The fourth-order valence-corrected chi connectivity index (χ4v) is 4.14. The molecule has 8 heteroatoms. The van der Waals surface area contributed by atoms with E-state index in [-0.39, 0.29) is 10.7 Å². The summed E-state index contributed by atoms with van der Waals surface area (Å²) in [5, 5.41) is 6.31. The molecule has 2 aromatic rings. The van der Waals surface area contributed by atoms with E-state index >= 15 is 0 Å². The van der Waals surface area contributed by atoms with Crippen LogP contribution in [0.25, 0.3) is 0 Å². The number of rotatable bonds is 4. The van der Waals surface area contributed by atoms with Crippen LogP contribution in [0, 0.1) is 6.92 Å².